The van der Waals surface area contributed by atoms with Gasteiger partial charge in [0.25, 0.3) is 5.91 Å². The molecule has 1 aliphatic carbocycles. The normalized spacial score (nSPS) is 21.1. The van der Waals surface area contributed by atoms with Crippen LogP contribution in [0.15, 0.2) is 36.4 Å². The molecule has 7 nitrogen and oxygen atoms in total. The highest BCUT2D eigenvalue weighted by molar-refractivity contribution is 6.07. The van der Waals surface area contributed by atoms with Gasteiger partial charge in [0.15, 0.2) is 6.61 Å². The third-order valence-electron chi connectivity index (χ3n) is 4.90. The first-order valence-electron chi connectivity index (χ1n) is 9.04. The van der Waals surface area contributed by atoms with E-state index in [0.717, 1.165) is 16.9 Å². The van der Waals surface area contributed by atoms with Crippen molar-refractivity contribution in [2.24, 2.45) is 11.8 Å². The molecule has 0 spiro atoms. The molecule has 1 aromatic rings. The number of anilines is 1. The molecule has 3 amide bonds. The van der Waals surface area contributed by atoms with Gasteiger partial charge in [-0.3, -0.25) is 24.1 Å². The molecule has 2 atom stereocenters. The first-order chi connectivity index (χ1) is 13.0. The number of aryl methyl sites for hydroxylation is 1. The molecule has 1 aromatic carbocycles. The summed E-state index contributed by atoms with van der Waals surface area (Å²) in [6.45, 7) is 1.11. The molecule has 1 saturated heterocycles. The average Bonchev–Trinajstić information content (AvgIpc) is 2.92. The Kier molecular flexibility index (Phi) is 5.69. The van der Waals surface area contributed by atoms with Gasteiger partial charge in [0.05, 0.1) is 11.8 Å². The fraction of sp³-hybridized carbons (Fsp3) is 0.400. The van der Waals surface area contributed by atoms with E-state index in [4.69, 9.17) is 4.74 Å². The summed E-state index contributed by atoms with van der Waals surface area (Å²) >= 11 is 0. The molecule has 142 valence electrons. The molecule has 0 bridgehead atoms. The molecule has 0 saturated carbocycles. The zero-order chi connectivity index (χ0) is 19.4. The predicted molar refractivity (Wildman–Crippen MR) is 97.5 cm³/mol. The summed E-state index contributed by atoms with van der Waals surface area (Å²) in [6, 6.07) is 7.35. The quantitative estimate of drug-likeness (QED) is 0.467. The number of ether oxygens (including phenoxy) is 1. The zero-order valence-electron chi connectivity index (χ0n) is 15.1. The van der Waals surface area contributed by atoms with Crippen molar-refractivity contribution in [2.45, 2.75) is 26.2 Å². The molecule has 3 rings (SSSR count). The zero-order valence-corrected chi connectivity index (χ0v) is 15.1. The average molecular weight is 370 g/mol. The number of allylic oxidation sites excluding steroid dienone is 2. The molecule has 1 aliphatic heterocycles. The van der Waals surface area contributed by atoms with Crippen LogP contribution in [-0.4, -0.2) is 41.7 Å². The second-order valence-corrected chi connectivity index (χ2v) is 6.68. The first kappa shape index (κ1) is 18.8. The Hall–Kier alpha value is -2.96. The molecule has 0 unspecified atom stereocenters. The van der Waals surface area contributed by atoms with Gasteiger partial charge < -0.3 is 10.1 Å². The number of carbonyl (C=O) groups excluding carboxylic acids is 4. The topological polar surface area (TPSA) is 92.8 Å². The van der Waals surface area contributed by atoms with Crippen molar-refractivity contribution in [3.8, 4) is 0 Å². The summed E-state index contributed by atoms with van der Waals surface area (Å²) in [6.07, 6.45) is 5.69. The van der Waals surface area contributed by atoms with Crippen molar-refractivity contribution in [2.75, 3.05) is 18.5 Å². The fourth-order valence-electron chi connectivity index (χ4n) is 3.37. The Bertz CT molecular complexity index is 758. The summed E-state index contributed by atoms with van der Waals surface area (Å²) in [7, 11) is 0. The van der Waals surface area contributed by atoms with E-state index in [-0.39, 0.29) is 23.7 Å². The molecule has 7 heteroatoms. The highest BCUT2D eigenvalue weighted by Gasteiger charge is 2.47. The third kappa shape index (κ3) is 4.24. The third-order valence-corrected chi connectivity index (χ3v) is 4.90. The summed E-state index contributed by atoms with van der Waals surface area (Å²) in [4.78, 5) is 49.4. The highest BCUT2D eigenvalue weighted by atomic mass is 16.5. The molecule has 1 heterocycles. The van der Waals surface area contributed by atoms with Gasteiger partial charge in [0.1, 0.15) is 6.54 Å². The second-order valence-electron chi connectivity index (χ2n) is 6.68. The number of esters is 1. The largest absolute Gasteiger partial charge is 0.454 e. The number of likely N-dealkylation sites (tertiary alicyclic amines) is 1. The summed E-state index contributed by atoms with van der Waals surface area (Å²) in [5.41, 5.74) is 1.75. The number of fused-ring (bicyclic) bond motifs is 1. The van der Waals surface area contributed by atoms with E-state index < -0.39 is 25.0 Å². The van der Waals surface area contributed by atoms with Crippen LogP contribution in [0.3, 0.4) is 0 Å². The maximum absolute atomic E-state index is 12.3. The Labute approximate surface area is 157 Å². The lowest BCUT2D eigenvalue weighted by atomic mass is 9.85. The van der Waals surface area contributed by atoms with Gasteiger partial charge in [-0.2, -0.15) is 0 Å². The molecular formula is C20H22N2O5. The molecule has 0 radical (unpaired) electrons. The Morgan fingerprint density at radius 1 is 1.07 bits per heavy atom. The lowest BCUT2D eigenvalue weighted by Gasteiger charge is -2.14. The van der Waals surface area contributed by atoms with Crippen LogP contribution < -0.4 is 5.32 Å². The smallest absolute Gasteiger partial charge is 0.326 e. The summed E-state index contributed by atoms with van der Waals surface area (Å²) < 4.78 is 4.92. The summed E-state index contributed by atoms with van der Waals surface area (Å²) in [5, 5.41) is 2.63. The maximum atomic E-state index is 12.3. The molecule has 27 heavy (non-hydrogen) atoms. The number of amides is 3. The van der Waals surface area contributed by atoms with E-state index >= 15 is 0 Å². The van der Waals surface area contributed by atoms with Gasteiger partial charge in [0.2, 0.25) is 11.8 Å². The van der Waals surface area contributed by atoms with Crippen molar-refractivity contribution in [1.29, 1.82) is 0 Å². The van der Waals surface area contributed by atoms with Gasteiger partial charge >= 0.3 is 5.97 Å². The van der Waals surface area contributed by atoms with Crippen molar-refractivity contribution >= 4 is 29.4 Å². The lowest BCUT2D eigenvalue weighted by Crippen LogP contribution is -2.37. The van der Waals surface area contributed by atoms with Gasteiger partial charge in [-0.25, -0.2) is 0 Å². The van der Waals surface area contributed by atoms with Crippen LogP contribution in [0.1, 0.15) is 25.3 Å². The molecule has 0 aromatic heterocycles. The minimum atomic E-state index is -0.778. The summed E-state index contributed by atoms with van der Waals surface area (Å²) in [5.74, 6) is -2.71. The number of hydrogen-bond donors (Lipinski definition) is 1. The van der Waals surface area contributed by atoms with E-state index in [2.05, 4.69) is 5.32 Å². The number of carbonyl (C=O) groups is 4. The fourth-order valence-corrected chi connectivity index (χ4v) is 3.37. The minimum absolute atomic E-state index is 0.341. The number of nitrogens with zero attached hydrogens (tertiary/aromatic N) is 1. The predicted octanol–water partition coefficient (Wildman–Crippen LogP) is 1.68. The monoisotopic (exact) mass is 370 g/mol. The number of hydrogen-bond acceptors (Lipinski definition) is 5. The van der Waals surface area contributed by atoms with E-state index in [1.807, 2.05) is 31.2 Å². The van der Waals surface area contributed by atoms with Crippen molar-refractivity contribution < 1.29 is 23.9 Å². The van der Waals surface area contributed by atoms with Gasteiger partial charge in [-0.05, 0) is 37.0 Å². The Morgan fingerprint density at radius 2 is 1.67 bits per heavy atom. The van der Waals surface area contributed by atoms with E-state index in [1.54, 1.807) is 12.1 Å². The van der Waals surface area contributed by atoms with Crippen LogP contribution >= 0.6 is 0 Å². The Morgan fingerprint density at radius 3 is 2.22 bits per heavy atom. The van der Waals surface area contributed by atoms with Crippen molar-refractivity contribution in [1.82, 2.24) is 4.90 Å². The van der Waals surface area contributed by atoms with Gasteiger partial charge in [0, 0.05) is 5.69 Å². The van der Waals surface area contributed by atoms with Gasteiger partial charge in [-0.15, -0.1) is 0 Å². The Balaban J connectivity index is 1.47. The van der Waals surface area contributed by atoms with Crippen LogP contribution in [0.4, 0.5) is 5.69 Å². The first-order valence-corrected chi connectivity index (χ1v) is 9.04. The van der Waals surface area contributed by atoms with Gasteiger partial charge in [-0.1, -0.05) is 31.2 Å². The maximum Gasteiger partial charge on any atom is 0.326 e. The molecular weight excluding hydrogens is 348 g/mol. The minimum Gasteiger partial charge on any atom is -0.454 e. The number of rotatable bonds is 6. The van der Waals surface area contributed by atoms with E-state index in [9.17, 15) is 19.2 Å². The van der Waals surface area contributed by atoms with Crippen molar-refractivity contribution in [3.05, 3.63) is 42.0 Å². The van der Waals surface area contributed by atoms with Crippen molar-refractivity contribution in [3.63, 3.8) is 0 Å². The van der Waals surface area contributed by atoms with Crippen LogP contribution in [0, 0.1) is 11.8 Å². The van der Waals surface area contributed by atoms with E-state index in [1.165, 1.54) is 0 Å². The number of benzene rings is 1. The second kappa shape index (κ2) is 8.16. The molecule has 2 aliphatic rings. The SMILES string of the molecule is CCc1ccc(NC(=O)COC(=O)CN2C(=O)[C@H]3CC=CC[C@H]3C2=O)cc1. The number of imide groups is 1. The van der Waals surface area contributed by atoms with Crippen LogP contribution in [0.2, 0.25) is 0 Å². The highest BCUT2D eigenvalue weighted by Crippen LogP contribution is 2.34. The molecule has 1 fully saturated rings. The lowest BCUT2D eigenvalue weighted by molar-refractivity contribution is -0.154. The van der Waals surface area contributed by atoms with Crippen LogP contribution in [0.5, 0.6) is 0 Å². The van der Waals surface area contributed by atoms with E-state index in [0.29, 0.717) is 18.5 Å². The van der Waals surface area contributed by atoms with Crippen LogP contribution in [0.25, 0.3) is 0 Å². The van der Waals surface area contributed by atoms with Crippen LogP contribution in [-0.2, 0) is 30.3 Å². The standard InChI is InChI=1S/C20H22N2O5/c1-2-13-7-9-14(10-8-13)21-17(23)12-27-18(24)11-22-19(25)15-5-3-4-6-16(15)20(22)26/h3-4,7-10,15-16H,2,5-6,11-12H2,1H3,(H,21,23)/t15-,16+. The molecule has 1 N–H and O–H groups in total. The number of nitrogens with one attached hydrogen (secondary N) is 1.